The SMILES string of the molecule is CC(C)CC1C2C3C=NC1(C(=O)NCc1ccccc1)CC3CN2CC(C)C. The van der Waals surface area contributed by atoms with E-state index in [1.807, 2.05) is 18.2 Å². The summed E-state index contributed by atoms with van der Waals surface area (Å²) < 4.78 is 0. The molecule has 1 amide bonds. The largest absolute Gasteiger partial charge is 0.350 e. The van der Waals surface area contributed by atoms with Gasteiger partial charge in [-0.05, 0) is 36.2 Å². The first-order chi connectivity index (χ1) is 13.4. The van der Waals surface area contributed by atoms with E-state index < -0.39 is 5.54 Å². The Morgan fingerprint density at radius 1 is 1.21 bits per heavy atom. The Labute approximate surface area is 169 Å². The van der Waals surface area contributed by atoms with Gasteiger partial charge in [0.25, 0.3) is 0 Å². The van der Waals surface area contributed by atoms with E-state index in [1.54, 1.807) is 0 Å². The van der Waals surface area contributed by atoms with E-state index in [-0.39, 0.29) is 5.91 Å². The van der Waals surface area contributed by atoms with Gasteiger partial charge in [0.1, 0.15) is 5.54 Å². The zero-order valence-corrected chi connectivity index (χ0v) is 17.8. The molecule has 3 heterocycles. The van der Waals surface area contributed by atoms with Gasteiger partial charge in [0, 0.05) is 43.7 Å². The molecule has 152 valence electrons. The molecule has 28 heavy (non-hydrogen) atoms. The summed E-state index contributed by atoms with van der Waals surface area (Å²) in [7, 11) is 0. The normalized spacial score (nSPS) is 33.8. The van der Waals surface area contributed by atoms with Crippen LogP contribution in [-0.2, 0) is 11.3 Å². The summed E-state index contributed by atoms with van der Waals surface area (Å²) in [5.74, 6) is 2.78. The molecule has 3 aliphatic heterocycles. The Morgan fingerprint density at radius 3 is 2.64 bits per heavy atom. The molecule has 5 rings (SSSR count). The van der Waals surface area contributed by atoms with Gasteiger partial charge in [0.05, 0.1) is 0 Å². The number of nitrogens with zero attached hydrogens (tertiary/aromatic N) is 2. The van der Waals surface area contributed by atoms with Gasteiger partial charge in [-0.3, -0.25) is 14.7 Å². The molecule has 1 aromatic rings. The molecule has 2 fully saturated rings. The number of carbonyl (C=O) groups excluding carboxylic acids is 1. The Kier molecular flexibility index (Phi) is 5.34. The lowest BCUT2D eigenvalue weighted by Crippen LogP contribution is -2.63. The van der Waals surface area contributed by atoms with Crippen molar-refractivity contribution in [2.45, 2.75) is 58.7 Å². The van der Waals surface area contributed by atoms with Crippen molar-refractivity contribution < 1.29 is 4.79 Å². The molecule has 1 saturated carbocycles. The summed E-state index contributed by atoms with van der Waals surface area (Å²) in [6.07, 6.45) is 4.13. The standard InChI is InChI=1S/C24H35N3O/c1-16(2)10-21-22-20-13-26-24(21,11-19(20)15-27(22)14-17(3)4)23(28)25-12-18-8-6-5-7-9-18/h5-9,13,16-17,19-22H,10-12,14-15H2,1-4H3,(H,25,28). The Hall–Kier alpha value is -1.68. The Morgan fingerprint density at radius 2 is 1.96 bits per heavy atom. The van der Waals surface area contributed by atoms with E-state index >= 15 is 0 Å². The van der Waals surface area contributed by atoms with Crippen molar-refractivity contribution in [3.05, 3.63) is 35.9 Å². The fourth-order valence-electron chi connectivity index (χ4n) is 5.96. The first-order valence-corrected chi connectivity index (χ1v) is 11.0. The summed E-state index contributed by atoms with van der Waals surface area (Å²) in [4.78, 5) is 21.2. The monoisotopic (exact) mass is 381 g/mol. The lowest BCUT2D eigenvalue weighted by Gasteiger charge is -2.51. The van der Waals surface area contributed by atoms with Crippen LogP contribution in [0.4, 0.5) is 0 Å². The van der Waals surface area contributed by atoms with Crippen LogP contribution in [0.15, 0.2) is 35.3 Å². The first kappa shape index (κ1) is 19.6. The topological polar surface area (TPSA) is 44.7 Å². The van der Waals surface area contributed by atoms with Crippen molar-refractivity contribution >= 4 is 12.1 Å². The summed E-state index contributed by atoms with van der Waals surface area (Å²) in [5, 5.41) is 3.24. The van der Waals surface area contributed by atoms with E-state index in [1.165, 1.54) is 0 Å². The van der Waals surface area contributed by atoms with E-state index in [4.69, 9.17) is 4.99 Å². The second-order valence-corrected chi connectivity index (χ2v) is 9.99. The molecule has 1 aliphatic carbocycles. The third-order valence-corrected chi connectivity index (χ3v) is 6.92. The predicted octanol–water partition coefficient (Wildman–Crippen LogP) is 3.76. The van der Waals surface area contributed by atoms with Crippen molar-refractivity contribution in [2.24, 2.45) is 34.6 Å². The fourth-order valence-corrected chi connectivity index (χ4v) is 5.96. The maximum atomic E-state index is 13.5. The van der Waals surface area contributed by atoms with Gasteiger partial charge in [-0.2, -0.15) is 0 Å². The first-order valence-electron chi connectivity index (χ1n) is 11.0. The predicted molar refractivity (Wildman–Crippen MR) is 114 cm³/mol. The fraction of sp³-hybridized carbons (Fsp3) is 0.667. The maximum absolute atomic E-state index is 13.5. The van der Waals surface area contributed by atoms with Crippen LogP contribution < -0.4 is 5.32 Å². The van der Waals surface area contributed by atoms with Gasteiger partial charge >= 0.3 is 0 Å². The zero-order valence-electron chi connectivity index (χ0n) is 17.8. The van der Waals surface area contributed by atoms with Gasteiger partial charge in [-0.1, -0.05) is 58.0 Å². The second kappa shape index (κ2) is 7.62. The molecule has 4 nitrogen and oxygen atoms in total. The van der Waals surface area contributed by atoms with Crippen LogP contribution in [0.1, 0.15) is 46.1 Å². The smallest absolute Gasteiger partial charge is 0.248 e. The highest BCUT2D eigenvalue weighted by molar-refractivity contribution is 5.91. The number of rotatable bonds is 7. The number of amides is 1. The van der Waals surface area contributed by atoms with Crippen LogP contribution in [0.25, 0.3) is 0 Å². The van der Waals surface area contributed by atoms with Crippen molar-refractivity contribution in [3.63, 3.8) is 0 Å². The summed E-state index contributed by atoms with van der Waals surface area (Å²) in [5.41, 5.74) is 0.569. The van der Waals surface area contributed by atoms with E-state index in [0.717, 1.165) is 31.5 Å². The van der Waals surface area contributed by atoms with Crippen LogP contribution >= 0.6 is 0 Å². The Bertz CT molecular complexity index is 729. The minimum Gasteiger partial charge on any atom is -0.350 e. The van der Waals surface area contributed by atoms with Crippen molar-refractivity contribution in [2.75, 3.05) is 13.1 Å². The molecule has 4 heteroatoms. The molecule has 4 bridgehead atoms. The maximum Gasteiger partial charge on any atom is 0.248 e. The van der Waals surface area contributed by atoms with Crippen molar-refractivity contribution in [1.82, 2.24) is 10.2 Å². The quantitative estimate of drug-likeness (QED) is 0.781. The lowest BCUT2D eigenvalue weighted by molar-refractivity contribution is -0.132. The number of likely N-dealkylation sites (tertiary alicyclic amines) is 1. The van der Waals surface area contributed by atoms with Crippen molar-refractivity contribution in [3.8, 4) is 0 Å². The molecular weight excluding hydrogens is 346 g/mol. The summed E-state index contributed by atoms with van der Waals surface area (Å²) >= 11 is 0. The second-order valence-electron chi connectivity index (χ2n) is 9.99. The van der Waals surface area contributed by atoms with Crippen LogP contribution in [0.5, 0.6) is 0 Å². The lowest BCUT2D eigenvalue weighted by atomic mass is 9.59. The molecular formula is C24H35N3O. The number of hydrogen-bond donors (Lipinski definition) is 1. The molecule has 0 radical (unpaired) electrons. The number of hydrogen-bond acceptors (Lipinski definition) is 3. The molecule has 1 saturated heterocycles. The molecule has 0 spiro atoms. The molecule has 5 atom stereocenters. The van der Waals surface area contributed by atoms with Gasteiger partial charge in [0.15, 0.2) is 0 Å². The number of carbonyl (C=O) groups is 1. The number of aliphatic imine (C=N–C) groups is 1. The van der Waals surface area contributed by atoms with Crippen LogP contribution in [0.3, 0.4) is 0 Å². The Balaban J connectivity index is 1.60. The van der Waals surface area contributed by atoms with Crippen LogP contribution in [-0.4, -0.2) is 41.7 Å². The van der Waals surface area contributed by atoms with Crippen LogP contribution in [0.2, 0.25) is 0 Å². The number of benzene rings is 1. The minimum atomic E-state index is -0.575. The van der Waals surface area contributed by atoms with Crippen molar-refractivity contribution in [1.29, 1.82) is 0 Å². The van der Waals surface area contributed by atoms with Gasteiger partial charge < -0.3 is 5.32 Å². The summed E-state index contributed by atoms with van der Waals surface area (Å²) in [6, 6.07) is 10.7. The molecule has 4 aliphatic rings. The van der Waals surface area contributed by atoms with Crippen LogP contribution in [0, 0.1) is 29.6 Å². The minimum absolute atomic E-state index is 0.137. The third kappa shape index (κ3) is 3.41. The highest BCUT2D eigenvalue weighted by atomic mass is 16.2. The molecule has 5 unspecified atom stereocenters. The summed E-state index contributed by atoms with van der Waals surface area (Å²) in [6.45, 7) is 12.0. The molecule has 1 N–H and O–H groups in total. The number of nitrogens with one attached hydrogen (secondary N) is 1. The highest BCUT2D eigenvalue weighted by Gasteiger charge is 2.63. The molecule has 1 aromatic carbocycles. The third-order valence-electron chi connectivity index (χ3n) is 6.92. The van der Waals surface area contributed by atoms with E-state index in [0.29, 0.717) is 42.2 Å². The van der Waals surface area contributed by atoms with E-state index in [2.05, 4.69) is 56.3 Å². The average molecular weight is 382 g/mol. The zero-order chi connectivity index (χ0) is 19.9. The molecule has 0 aromatic heterocycles. The highest BCUT2D eigenvalue weighted by Crippen LogP contribution is 2.54. The van der Waals surface area contributed by atoms with Gasteiger partial charge in [-0.15, -0.1) is 0 Å². The van der Waals surface area contributed by atoms with Gasteiger partial charge in [0.2, 0.25) is 5.91 Å². The van der Waals surface area contributed by atoms with E-state index in [9.17, 15) is 4.79 Å². The average Bonchev–Trinajstić information content (AvgIpc) is 2.95. The van der Waals surface area contributed by atoms with Gasteiger partial charge in [-0.25, -0.2) is 0 Å².